The van der Waals surface area contributed by atoms with Crippen molar-refractivity contribution >= 4 is 34.1 Å². The Morgan fingerprint density at radius 1 is 1.03 bits per heavy atom. The molecule has 0 atom stereocenters. The maximum atomic E-state index is 14.8. The number of aromatic nitrogens is 4. The predicted octanol–water partition coefficient (Wildman–Crippen LogP) is 3.24. The average Bonchev–Trinajstić information content (AvgIpc) is 3.27. The largest absolute Gasteiger partial charge is 0.381 e. The number of sulfonamides is 1. The molecule has 0 radical (unpaired) electrons. The third kappa shape index (κ3) is 5.78. The summed E-state index contributed by atoms with van der Waals surface area (Å²) in [4.78, 5) is 15.3. The molecular formula is C24H31ClFN7O3S. The fourth-order valence-electron chi connectivity index (χ4n) is 4.66. The maximum absolute atomic E-state index is 14.8. The van der Waals surface area contributed by atoms with E-state index >= 15 is 0 Å². The van der Waals surface area contributed by atoms with Gasteiger partial charge in [0.25, 0.3) is 0 Å². The highest BCUT2D eigenvalue weighted by molar-refractivity contribution is 7.89. The minimum atomic E-state index is -3.56. The molecule has 0 amide bonds. The molecule has 0 spiro atoms. The summed E-state index contributed by atoms with van der Waals surface area (Å²) in [6.07, 6.45) is 4.42. The highest BCUT2D eigenvalue weighted by Crippen LogP contribution is 2.31. The molecule has 2 saturated heterocycles. The Morgan fingerprint density at radius 3 is 2.38 bits per heavy atom. The van der Waals surface area contributed by atoms with Gasteiger partial charge in [-0.05, 0) is 51.1 Å². The van der Waals surface area contributed by atoms with Gasteiger partial charge in [-0.15, -0.1) is 12.4 Å². The molecule has 5 rings (SSSR count). The van der Waals surface area contributed by atoms with Crippen LogP contribution in [-0.2, 0) is 14.8 Å². The van der Waals surface area contributed by atoms with E-state index in [1.165, 1.54) is 4.31 Å². The quantitative estimate of drug-likeness (QED) is 0.498. The molecule has 0 saturated carbocycles. The van der Waals surface area contributed by atoms with Gasteiger partial charge in [-0.2, -0.15) is 4.31 Å². The van der Waals surface area contributed by atoms with Crippen LogP contribution in [-0.4, -0.2) is 83.6 Å². The van der Waals surface area contributed by atoms with Crippen LogP contribution in [0.25, 0.3) is 11.4 Å². The number of piperazine rings is 1. The SMILES string of the molecule is Cc1ncc(-c2nc(Nc3ccc(S(=O)(=O)N4CCN(C)CC4)cc3)ncc2F)n1C1CCOCC1.Cl. The molecule has 0 unspecified atom stereocenters. The monoisotopic (exact) mass is 551 g/mol. The second-order valence-electron chi connectivity index (χ2n) is 9.15. The Hall–Kier alpha value is -2.64. The minimum absolute atomic E-state index is 0. The van der Waals surface area contributed by atoms with Gasteiger partial charge in [0, 0.05) is 51.1 Å². The molecule has 10 nitrogen and oxygen atoms in total. The lowest BCUT2D eigenvalue weighted by Gasteiger charge is -2.31. The molecule has 4 heterocycles. The molecule has 2 aliphatic heterocycles. The Balaban J connectivity index is 0.00000320. The zero-order valence-electron chi connectivity index (χ0n) is 20.8. The van der Waals surface area contributed by atoms with E-state index in [1.54, 1.807) is 30.5 Å². The third-order valence-corrected chi connectivity index (χ3v) is 8.65. The van der Waals surface area contributed by atoms with Crippen LogP contribution in [0, 0.1) is 12.7 Å². The van der Waals surface area contributed by atoms with Gasteiger partial charge in [0.15, 0.2) is 5.82 Å². The van der Waals surface area contributed by atoms with Gasteiger partial charge < -0.3 is 19.5 Å². The number of likely N-dealkylation sites (N-methyl/N-ethyl adjacent to an activating group) is 1. The van der Waals surface area contributed by atoms with Crippen molar-refractivity contribution in [2.24, 2.45) is 0 Å². The molecule has 0 bridgehead atoms. The Kier molecular flexibility index (Phi) is 8.44. The van der Waals surface area contributed by atoms with Crippen LogP contribution in [0.15, 0.2) is 41.6 Å². The summed E-state index contributed by atoms with van der Waals surface area (Å²) in [5, 5.41) is 3.06. The van der Waals surface area contributed by atoms with Crippen LogP contribution in [0.5, 0.6) is 0 Å². The molecule has 37 heavy (non-hydrogen) atoms. The van der Waals surface area contributed by atoms with Gasteiger partial charge in [-0.25, -0.2) is 27.8 Å². The number of aryl methyl sites for hydroxylation is 1. The standard InChI is InChI=1S/C24H30FN7O3S.ClH/c1-17-26-16-22(32(17)19-7-13-35-14-8-19)23-21(25)15-27-24(29-23)28-18-3-5-20(6-4-18)36(33,34)31-11-9-30(2)10-12-31;/h3-6,15-16,19H,7-14H2,1-2H3,(H,27,28,29);1H. The lowest BCUT2D eigenvalue weighted by atomic mass is 10.1. The van der Waals surface area contributed by atoms with Gasteiger partial charge in [0.2, 0.25) is 16.0 Å². The Bertz CT molecular complexity index is 1320. The van der Waals surface area contributed by atoms with Crippen molar-refractivity contribution in [1.29, 1.82) is 0 Å². The van der Waals surface area contributed by atoms with Crippen LogP contribution in [0.3, 0.4) is 0 Å². The first-order valence-corrected chi connectivity index (χ1v) is 13.5. The number of hydrogen-bond donors (Lipinski definition) is 1. The normalized spacial score (nSPS) is 17.9. The van der Waals surface area contributed by atoms with Gasteiger partial charge in [0.05, 0.1) is 23.0 Å². The number of benzene rings is 1. The van der Waals surface area contributed by atoms with Gasteiger partial charge >= 0.3 is 0 Å². The van der Waals surface area contributed by atoms with E-state index in [-0.39, 0.29) is 35.0 Å². The van der Waals surface area contributed by atoms with Crippen LogP contribution >= 0.6 is 12.4 Å². The molecule has 2 aliphatic rings. The van der Waals surface area contributed by atoms with E-state index in [2.05, 4.69) is 25.2 Å². The number of nitrogens with zero attached hydrogens (tertiary/aromatic N) is 6. The number of nitrogens with one attached hydrogen (secondary N) is 1. The summed E-state index contributed by atoms with van der Waals surface area (Å²) in [6, 6.07) is 6.60. The van der Waals surface area contributed by atoms with Gasteiger partial charge in [-0.3, -0.25) is 0 Å². The molecule has 2 aromatic heterocycles. The van der Waals surface area contributed by atoms with E-state index in [1.807, 2.05) is 18.5 Å². The molecular weight excluding hydrogens is 521 g/mol. The summed E-state index contributed by atoms with van der Waals surface area (Å²) in [6.45, 7) is 5.55. The zero-order chi connectivity index (χ0) is 25.3. The number of anilines is 2. The molecule has 0 aliphatic carbocycles. The fourth-order valence-corrected chi connectivity index (χ4v) is 6.08. The van der Waals surface area contributed by atoms with E-state index in [0.717, 1.165) is 24.9 Å². The van der Waals surface area contributed by atoms with Crippen molar-refractivity contribution in [2.75, 3.05) is 51.8 Å². The number of halogens is 2. The lowest BCUT2D eigenvalue weighted by molar-refractivity contribution is 0.0694. The number of rotatable bonds is 6. The zero-order valence-corrected chi connectivity index (χ0v) is 22.4. The third-order valence-electron chi connectivity index (χ3n) is 6.74. The van der Waals surface area contributed by atoms with Crippen molar-refractivity contribution in [3.8, 4) is 11.4 Å². The first-order chi connectivity index (χ1) is 17.3. The summed E-state index contributed by atoms with van der Waals surface area (Å²) in [5.41, 5.74) is 1.35. The number of ether oxygens (including phenoxy) is 1. The van der Waals surface area contributed by atoms with Crippen LogP contribution < -0.4 is 5.32 Å². The number of imidazole rings is 1. The molecule has 13 heteroatoms. The first kappa shape index (κ1) is 27.4. The van der Waals surface area contributed by atoms with Gasteiger partial charge in [0.1, 0.15) is 11.5 Å². The predicted molar refractivity (Wildman–Crippen MR) is 140 cm³/mol. The van der Waals surface area contributed by atoms with E-state index in [9.17, 15) is 12.8 Å². The summed E-state index contributed by atoms with van der Waals surface area (Å²) < 4.78 is 49.8. The van der Waals surface area contributed by atoms with Crippen molar-refractivity contribution < 1.29 is 17.5 Å². The smallest absolute Gasteiger partial charge is 0.243 e. The van der Waals surface area contributed by atoms with Crippen molar-refractivity contribution in [1.82, 2.24) is 28.7 Å². The molecule has 1 aromatic carbocycles. The lowest BCUT2D eigenvalue weighted by Crippen LogP contribution is -2.46. The van der Waals surface area contributed by atoms with Crippen molar-refractivity contribution in [3.63, 3.8) is 0 Å². The number of hydrogen-bond acceptors (Lipinski definition) is 8. The van der Waals surface area contributed by atoms with E-state index < -0.39 is 15.8 Å². The summed E-state index contributed by atoms with van der Waals surface area (Å²) in [5.74, 6) is 0.461. The summed E-state index contributed by atoms with van der Waals surface area (Å²) >= 11 is 0. The second-order valence-corrected chi connectivity index (χ2v) is 11.1. The average molecular weight is 552 g/mol. The van der Waals surface area contributed by atoms with Crippen molar-refractivity contribution in [3.05, 3.63) is 48.3 Å². The van der Waals surface area contributed by atoms with E-state index in [0.29, 0.717) is 50.8 Å². The van der Waals surface area contributed by atoms with Crippen LogP contribution in [0.4, 0.5) is 16.0 Å². The highest BCUT2D eigenvalue weighted by Gasteiger charge is 2.27. The second kappa shape index (κ2) is 11.4. The Morgan fingerprint density at radius 2 is 1.70 bits per heavy atom. The topological polar surface area (TPSA) is 105 Å². The van der Waals surface area contributed by atoms with Crippen LogP contribution in [0.2, 0.25) is 0 Å². The maximum Gasteiger partial charge on any atom is 0.243 e. The summed E-state index contributed by atoms with van der Waals surface area (Å²) in [7, 11) is -1.58. The van der Waals surface area contributed by atoms with Crippen molar-refractivity contribution in [2.45, 2.75) is 30.7 Å². The molecule has 1 N–H and O–H groups in total. The van der Waals surface area contributed by atoms with E-state index in [4.69, 9.17) is 4.74 Å². The highest BCUT2D eigenvalue weighted by atomic mass is 35.5. The molecule has 200 valence electrons. The Labute approximate surface area is 222 Å². The molecule has 3 aromatic rings. The minimum Gasteiger partial charge on any atom is -0.381 e. The fraction of sp³-hybridized carbons (Fsp3) is 0.458. The first-order valence-electron chi connectivity index (χ1n) is 12.0. The van der Waals surface area contributed by atoms with Crippen LogP contribution in [0.1, 0.15) is 24.7 Å². The molecule has 2 fully saturated rings. The van der Waals surface area contributed by atoms with Gasteiger partial charge in [-0.1, -0.05) is 0 Å².